The fraction of sp³-hybridized carbons (Fsp3) is 0.500. The van der Waals surface area contributed by atoms with Crippen LogP contribution in [-0.2, 0) is 4.74 Å². The van der Waals surface area contributed by atoms with Gasteiger partial charge in [0, 0.05) is 23.0 Å². The Kier molecular flexibility index (Phi) is 4.04. The molecular weight excluding hydrogens is 344 g/mol. The second-order valence-corrected chi connectivity index (χ2v) is 6.55. The number of nitrogens with two attached hydrogens (primary N) is 1. The van der Waals surface area contributed by atoms with Crippen molar-refractivity contribution in [3.05, 3.63) is 33.3 Å². The van der Waals surface area contributed by atoms with E-state index < -0.39 is 0 Å². The Hall–Kier alpha value is -0.620. The maximum Gasteiger partial charge on any atom is 0.253 e. The minimum absolute atomic E-state index is 0.0322. The van der Waals surface area contributed by atoms with Crippen molar-refractivity contribution in [2.75, 3.05) is 6.61 Å². The Balaban J connectivity index is 1.72. The number of benzene rings is 1. The molecule has 0 aromatic heterocycles. The zero-order chi connectivity index (χ0) is 14.3. The summed E-state index contributed by atoms with van der Waals surface area (Å²) in [4.78, 5) is 12.3. The van der Waals surface area contributed by atoms with Crippen LogP contribution >= 0.6 is 27.5 Å². The van der Waals surface area contributed by atoms with Crippen LogP contribution < -0.4 is 11.1 Å². The zero-order valence-corrected chi connectivity index (χ0v) is 13.2. The van der Waals surface area contributed by atoms with Crippen LogP contribution in [-0.4, -0.2) is 30.7 Å². The highest BCUT2D eigenvalue weighted by Gasteiger charge is 2.51. The van der Waals surface area contributed by atoms with Crippen molar-refractivity contribution in [3.8, 4) is 0 Å². The van der Waals surface area contributed by atoms with E-state index in [-0.39, 0.29) is 24.1 Å². The summed E-state index contributed by atoms with van der Waals surface area (Å²) in [5.41, 5.74) is 6.59. The SMILES string of the molecule is NC1C2CCCOC2C1NC(=O)c1cccc(Br)c1Cl. The quantitative estimate of drug-likeness (QED) is 0.852. The summed E-state index contributed by atoms with van der Waals surface area (Å²) in [6.07, 6.45) is 2.18. The molecule has 1 saturated heterocycles. The van der Waals surface area contributed by atoms with E-state index in [1.54, 1.807) is 18.2 Å². The molecule has 2 aliphatic rings. The third-order valence-electron chi connectivity index (χ3n) is 4.17. The third kappa shape index (κ3) is 2.37. The van der Waals surface area contributed by atoms with Crippen LogP contribution in [0.2, 0.25) is 5.02 Å². The number of amides is 1. The first kappa shape index (κ1) is 14.3. The highest BCUT2D eigenvalue weighted by atomic mass is 79.9. The molecule has 3 N–H and O–H groups in total. The molecule has 4 unspecified atom stereocenters. The van der Waals surface area contributed by atoms with Crippen molar-refractivity contribution >= 4 is 33.4 Å². The highest BCUT2D eigenvalue weighted by molar-refractivity contribution is 9.10. The number of rotatable bonds is 2. The van der Waals surface area contributed by atoms with Gasteiger partial charge in [-0.05, 0) is 40.9 Å². The Morgan fingerprint density at radius 2 is 2.30 bits per heavy atom. The van der Waals surface area contributed by atoms with Gasteiger partial charge in [0.1, 0.15) is 0 Å². The van der Waals surface area contributed by atoms with E-state index >= 15 is 0 Å². The van der Waals surface area contributed by atoms with Gasteiger partial charge >= 0.3 is 0 Å². The molecule has 6 heteroatoms. The minimum Gasteiger partial charge on any atom is -0.376 e. The topological polar surface area (TPSA) is 64.3 Å². The summed E-state index contributed by atoms with van der Waals surface area (Å²) >= 11 is 9.45. The third-order valence-corrected chi connectivity index (χ3v) is 5.47. The lowest BCUT2D eigenvalue weighted by Crippen LogP contribution is -2.72. The molecule has 0 bridgehead atoms. The van der Waals surface area contributed by atoms with Crippen molar-refractivity contribution in [2.24, 2.45) is 11.7 Å². The number of nitrogens with one attached hydrogen (secondary N) is 1. The van der Waals surface area contributed by atoms with Crippen molar-refractivity contribution in [3.63, 3.8) is 0 Å². The van der Waals surface area contributed by atoms with Crippen LogP contribution in [0.3, 0.4) is 0 Å². The largest absolute Gasteiger partial charge is 0.376 e. The van der Waals surface area contributed by atoms with Crippen molar-refractivity contribution in [2.45, 2.75) is 31.0 Å². The van der Waals surface area contributed by atoms with E-state index in [0.29, 0.717) is 21.0 Å². The van der Waals surface area contributed by atoms with E-state index in [0.717, 1.165) is 19.4 Å². The second-order valence-electron chi connectivity index (χ2n) is 5.32. The standard InChI is InChI=1S/C14H16BrClN2O2/c15-9-5-1-3-7(10(9)16)14(19)18-12-11(17)8-4-2-6-20-13(8)12/h1,3,5,8,11-13H,2,4,6,17H2,(H,18,19). The van der Waals surface area contributed by atoms with E-state index in [4.69, 9.17) is 22.1 Å². The first-order valence-corrected chi connectivity index (χ1v) is 7.89. The average Bonchev–Trinajstić information content (AvgIpc) is 2.47. The highest BCUT2D eigenvalue weighted by Crippen LogP contribution is 2.37. The smallest absolute Gasteiger partial charge is 0.253 e. The summed E-state index contributed by atoms with van der Waals surface area (Å²) in [6.45, 7) is 0.748. The summed E-state index contributed by atoms with van der Waals surface area (Å²) < 4.78 is 6.42. The molecular formula is C14H16BrClN2O2. The molecule has 0 spiro atoms. The predicted molar refractivity (Wildman–Crippen MR) is 80.8 cm³/mol. The van der Waals surface area contributed by atoms with Gasteiger partial charge in [-0.3, -0.25) is 4.79 Å². The van der Waals surface area contributed by atoms with E-state index in [1.807, 2.05) is 0 Å². The maximum atomic E-state index is 12.3. The maximum absolute atomic E-state index is 12.3. The fourth-order valence-corrected chi connectivity index (χ4v) is 3.61. The molecule has 3 rings (SSSR count). The molecule has 20 heavy (non-hydrogen) atoms. The molecule has 0 radical (unpaired) electrons. The average molecular weight is 360 g/mol. The van der Waals surface area contributed by atoms with Gasteiger partial charge in [0.2, 0.25) is 0 Å². The zero-order valence-electron chi connectivity index (χ0n) is 10.8. The van der Waals surface area contributed by atoms with E-state index in [2.05, 4.69) is 21.2 Å². The number of fused-ring (bicyclic) bond motifs is 1. The molecule has 1 aliphatic heterocycles. The summed E-state index contributed by atoms with van der Waals surface area (Å²) in [7, 11) is 0. The Bertz CT molecular complexity index is 540. The number of ether oxygens (including phenoxy) is 1. The van der Waals surface area contributed by atoms with E-state index in [9.17, 15) is 4.79 Å². The second kappa shape index (κ2) is 5.64. The lowest BCUT2D eigenvalue weighted by Gasteiger charge is -2.52. The molecule has 1 aromatic rings. The van der Waals surface area contributed by atoms with Crippen molar-refractivity contribution in [1.29, 1.82) is 0 Å². The molecule has 4 atom stereocenters. The minimum atomic E-state index is -0.204. The van der Waals surface area contributed by atoms with Gasteiger partial charge in [0.25, 0.3) is 5.91 Å². The Morgan fingerprint density at radius 1 is 1.50 bits per heavy atom. The predicted octanol–water partition coefficient (Wildman–Crippen LogP) is 2.34. The van der Waals surface area contributed by atoms with Gasteiger partial charge in [-0.15, -0.1) is 0 Å². The molecule has 1 aromatic carbocycles. The van der Waals surface area contributed by atoms with Gasteiger partial charge in [0.15, 0.2) is 0 Å². The summed E-state index contributed by atoms with van der Waals surface area (Å²) in [5.74, 6) is 0.163. The number of carbonyl (C=O) groups excluding carboxylic acids is 1. The van der Waals surface area contributed by atoms with Crippen LogP contribution in [0.15, 0.2) is 22.7 Å². The van der Waals surface area contributed by atoms with Crippen LogP contribution in [0, 0.1) is 5.92 Å². The fourth-order valence-electron chi connectivity index (χ4n) is 3.03. The molecule has 1 amide bonds. The molecule has 1 aliphatic carbocycles. The lowest BCUT2D eigenvalue weighted by molar-refractivity contribution is -0.117. The number of carbonyl (C=O) groups is 1. The van der Waals surface area contributed by atoms with Gasteiger partial charge in [-0.25, -0.2) is 0 Å². The van der Waals surface area contributed by atoms with Gasteiger partial charge in [0.05, 0.1) is 22.7 Å². The first-order chi connectivity index (χ1) is 9.59. The van der Waals surface area contributed by atoms with Crippen LogP contribution in [0.1, 0.15) is 23.2 Å². The lowest BCUT2D eigenvalue weighted by atomic mass is 9.68. The van der Waals surface area contributed by atoms with E-state index in [1.165, 1.54) is 0 Å². The monoisotopic (exact) mass is 358 g/mol. The Labute approximate surface area is 131 Å². The van der Waals surface area contributed by atoms with Gasteiger partial charge < -0.3 is 15.8 Å². The Morgan fingerprint density at radius 3 is 3.10 bits per heavy atom. The number of hydrogen-bond donors (Lipinski definition) is 2. The molecule has 4 nitrogen and oxygen atoms in total. The van der Waals surface area contributed by atoms with Crippen molar-refractivity contribution < 1.29 is 9.53 Å². The van der Waals surface area contributed by atoms with Crippen LogP contribution in [0.5, 0.6) is 0 Å². The first-order valence-electron chi connectivity index (χ1n) is 6.71. The summed E-state index contributed by atoms with van der Waals surface area (Å²) in [5, 5.41) is 3.37. The van der Waals surface area contributed by atoms with Gasteiger partial charge in [-0.1, -0.05) is 17.7 Å². The molecule has 1 saturated carbocycles. The normalized spacial score (nSPS) is 32.1. The number of hydrogen-bond acceptors (Lipinski definition) is 3. The van der Waals surface area contributed by atoms with Crippen LogP contribution in [0.4, 0.5) is 0 Å². The van der Waals surface area contributed by atoms with Crippen LogP contribution in [0.25, 0.3) is 0 Å². The molecule has 2 fully saturated rings. The molecule has 108 valence electrons. The summed E-state index contributed by atoms with van der Waals surface area (Å²) in [6, 6.07) is 5.13. The molecule has 1 heterocycles. The van der Waals surface area contributed by atoms with Crippen molar-refractivity contribution in [1.82, 2.24) is 5.32 Å². The number of halogens is 2. The van der Waals surface area contributed by atoms with Gasteiger partial charge in [-0.2, -0.15) is 0 Å².